The van der Waals surface area contributed by atoms with E-state index in [9.17, 15) is 13.2 Å². The van der Waals surface area contributed by atoms with Gasteiger partial charge in [0.1, 0.15) is 5.75 Å². The second-order valence-corrected chi connectivity index (χ2v) is 6.20. The van der Waals surface area contributed by atoms with Gasteiger partial charge in [-0.05, 0) is 32.0 Å². The zero-order valence-electron chi connectivity index (χ0n) is 10.4. The molecule has 0 aliphatic carbocycles. The molecule has 0 aromatic heterocycles. The number of benzene rings is 1. The van der Waals surface area contributed by atoms with Crippen LogP contribution >= 0.6 is 11.6 Å². The van der Waals surface area contributed by atoms with Crippen LogP contribution in [0, 0.1) is 0 Å². The highest BCUT2D eigenvalue weighted by Gasteiger charge is 2.16. The maximum atomic E-state index is 11.4. The predicted molar refractivity (Wildman–Crippen MR) is 72.3 cm³/mol. The van der Waals surface area contributed by atoms with E-state index >= 15 is 0 Å². The van der Waals surface area contributed by atoms with Gasteiger partial charge in [-0.1, -0.05) is 11.6 Å². The maximum Gasteiger partial charge on any atom is 0.320 e. The molecule has 8 heteroatoms. The van der Waals surface area contributed by atoms with Crippen molar-refractivity contribution in [2.75, 3.05) is 10.5 Å². The van der Waals surface area contributed by atoms with Gasteiger partial charge in [0, 0.05) is 0 Å². The SMILES string of the molecule is CC(C)Oc1ccc(NS(=O)(=O)CC(=O)O)cc1Cl. The zero-order valence-corrected chi connectivity index (χ0v) is 12.0. The van der Waals surface area contributed by atoms with Crippen LogP contribution in [0.1, 0.15) is 13.8 Å². The third-order valence-corrected chi connectivity index (χ3v) is 3.35. The predicted octanol–water partition coefficient (Wildman–Crippen LogP) is 1.95. The number of hydrogen-bond donors (Lipinski definition) is 2. The highest BCUT2D eigenvalue weighted by molar-refractivity contribution is 7.93. The highest BCUT2D eigenvalue weighted by atomic mass is 35.5. The van der Waals surface area contributed by atoms with Gasteiger partial charge in [0.25, 0.3) is 0 Å². The Labute approximate surface area is 116 Å². The number of anilines is 1. The fourth-order valence-electron chi connectivity index (χ4n) is 1.29. The molecule has 0 saturated heterocycles. The molecule has 0 aliphatic heterocycles. The third-order valence-electron chi connectivity index (χ3n) is 1.88. The summed E-state index contributed by atoms with van der Waals surface area (Å²) in [5, 5.41) is 8.70. The van der Waals surface area contributed by atoms with Gasteiger partial charge in [-0.2, -0.15) is 0 Å². The number of hydrogen-bond acceptors (Lipinski definition) is 4. The maximum absolute atomic E-state index is 11.4. The molecule has 0 aliphatic rings. The lowest BCUT2D eigenvalue weighted by Gasteiger charge is -2.13. The van der Waals surface area contributed by atoms with Crippen molar-refractivity contribution in [2.24, 2.45) is 0 Å². The summed E-state index contributed by atoms with van der Waals surface area (Å²) in [5.74, 6) is -2.01. The Hall–Kier alpha value is -1.47. The number of nitrogens with one attached hydrogen (secondary N) is 1. The average molecular weight is 308 g/mol. The summed E-state index contributed by atoms with van der Waals surface area (Å²) in [5.41, 5.74) is 0.183. The molecule has 0 spiro atoms. The molecule has 0 unspecified atom stereocenters. The van der Waals surface area contributed by atoms with Crippen molar-refractivity contribution in [1.29, 1.82) is 0 Å². The van der Waals surface area contributed by atoms with Gasteiger partial charge in [-0.15, -0.1) is 0 Å². The molecule has 106 valence electrons. The number of halogens is 1. The number of rotatable bonds is 6. The van der Waals surface area contributed by atoms with E-state index in [2.05, 4.69) is 4.72 Å². The average Bonchev–Trinajstić information content (AvgIpc) is 2.18. The van der Waals surface area contributed by atoms with Crippen molar-refractivity contribution in [3.63, 3.8) is 0 Å². The van der Waals surface area contributed by atoms with Crippen LogP contribution < -0.4 is 9.46 Å². The molecule has 6 nitrogen and oxygen atoms in total. The summed E-state index contributed by atoms with van der Waals surface area (Å²) < 4.78 is 30.3. The van der Waals surface area contributed by atoms with Crippen LogP contribution in [0.15, 0.2) is 18.2 Å². The van der Waals surface area contributed by atoms with E-state index in [1.165, 1.54) is 18.2 Å². The normalized spacial score (nSPS) is 11.4. The Bertz CT molecular complexity index is 570. The fourth-order valence-corrected chi connectivity index (χ4v) is 2.40. The van der Waals surface area contributed by atoms with Gasteiger partial charge in [0.15, 0.2) is 5.75 Å². The molecule has 0 radical (unpaired) electrons. The first-order valence-electron chi connectivity index (χ1n) is 5.38. The summed E-state index contributed by atoms with van der Waals surface area (Å²) in [6, 6.07) is 4.32. The van der Waals surface area contributed by atoms with E-state index in [0.717, 1.165) is 0 Å². The molecule has 0 heterocycles. The van der Waals surface area contributed by atoms with Gasteiger partial charge in [-0.25, -0.2) is 8.42 Å². The van der Waals surface area contributed by atoms with E-state index < -0.39 is 21.7 Å². The molecule has 1 aromatic carbocycles. The summed E-state index contributed by atoms with van der Waals surface area (Å²) in [6.45, 7) is 3.67. The smallest absolute Gasteiger partial charge is 0.320 e. The van der Waals surface area contributed by atoms with Gasteiger partial charge < -0.3 is 9.84 Å². The Balaban J connectivity index is 2.87. The molecule has 1 aromatic rings. The Kier molecular flexibility index (Phi) is 5.02. The van der Waals surface area contributed by atoms with Crippen LogP contribution in [-0.4, -0.2) is 31.4 Å². The molecule has 0 saturated carbocycles. The van der Waals surface area contributed by atoms with E-state index in [4.69, 9.17) is 21.4 Å². The van der Waals surface area contributed by atoms with Gasteiger partial charge in [0.2, 0.25) is 10.0 Å². The Morgan fingerprint density at radius 2 is 2.11 bits per heavy atom. The Morgan fingerprint density at radius 1 is 1.47 bits per heavy atom. The second-order valence-electron chi connectivity index (χ2n) is 4.07. The lowest BCUT2D eigenvalue weighted by molar-refractivity contribution is -0.134. The second kappa shape index (κ2) is 6.12. The van der Waals surface area contributed by atoms with E-state index in [1.54, 1.807) is 0 Å². The minimum Gasteiger partial charge on any atom is -0.489 e. The number of aliphatic carboxylic acids is 1. The van der Waals surface area contributed by atoms with Crippen molar-refractivity contribution in [2.45, 2.75) is 20.0 Å². The van der Waals surface area contributed by atoms with Crippen LogP contribution in [0.2, 0.25) is 5.02 Å². The highest BCUT2D eigenvalue weighted by Crippen LogP contribution is 2.28. The molecule has 0 amide bonds. The van der Waals surface area contributed by atoms with E-state index in [0.29, 0.717) is 5.75 Å². The summed E-state index contributed by atoms with van der Waals surface area (Å²) >= 11 is 5.93. The molecule has 1 rings (SSSR count). The van der Waals surface area contributed by atoms with Crippen molar-refractivity contribution < 1.29 is 23.1 Å². The first-order chi connectivity index (χ1) is 8.69. The number of sulfonamides is 1. The first-order valence-corrected chi connectivity index (χ1v) is 7.41. The summed E-state index contributed by atoms with van der Waals surface area (Å²) in [4.78, 5) is 10.4. The lowest BCUT2D eigenvalue weighted by Crippen LogP contribution is -2.22. The number of ether oxygens (including phenoxy) is 1. The number of carbonyl (C=O) groups is 1. The van der Waals surface area contributed by atoms with Crippen molar-refractivity contribution >= 4 is 33.3 Å². The van der Waals surface area contributed by atoms with E-state index in [1.807, 2.05) is 13.8 Å². The molecule has 0 bridgehead atoms. The topological polar surface area (TPSA) is 92.7 Å². The van der Waals surface area contributed by atoms with Crippen LogP contribution in [0.5, 0.6) is 5.75 Å². The monoisotopic (exact) mass is 307 g/mol. The van der Waals surface area contributed by atoms with Gasteiger partial charge in [0.05, 0.1) is 16.8 Å². The largest absolute Gasteiger partial charge is 0.489 e. The minimum atomic E-state index is -3.94. The van der Waals surface area contributed by atoms with E-state index in [-0.39, 0.29) is 16.8 Å². The van der Waals surface area contributed by atoms with Crippen molar-refractivity contribution in [3.8, 4) is 5.75 Å². The fraction of sp³-hybridized carbons (Fsp3) is 0.364. The lowest BCUT2D eigenvalue weighted by atomic mass is 10.3. The molecule has 0 fully saturated rings. The van der Waals surface area contributed by atoms with Crippen molar-refractivity contribution in [3.05, 3.63) is 23.2 Å². The van der Waals surface area contributed by atoms with Crippen LogP contribution in [0.25, 0.3) is 0 Å². The van der Waals surface area contributed by atoms with Crippen molar-refractivity contribution in [1.82, 2.24) is 0 Å². The molecule has 2 N–H and O–H groups in total. The standard InChI is InChI=1S/C11H14ClNO5S/c1-7(2)18-10-4-3-8(5-9(10)12)13-19(16,17)6-11(14)15/h3-5,7,13H,6H2,1-2H3,(H,14,15). The van der Waals surface area contributed by atoms with Crippen LogP contribution in [-0.2, 0) is 14.8 Å². The van der Waals surface area contributed by atoms with Gasteiger partial charge >= 0.3 is 5.97 Å². The number of carboxylic acids is 1. The molecule has 19 heavy (non-hydrogen) atoms. The zero-order chi connectivity index (χ0) is 14.6. The third kappa shape index (κ3) is 5.35. The first kappa shape index (κ1) is 15.6. The number of carboxylic acid groups (broad SMARTS) is 1. The molecule has 0 atom stereocenters. The molecular formula is C11H14ClNO5S. The quantitative estimate of drug-likeness (QED) is 0.838. The van der Waals surface area contributed by atoms with Gasteiger partial charge in [-0.3, -0.25) is 9.52 Å². The van der Waals surface area contributed by atoms with Crippen LogP contribution in [0.3, 0.4) is 0 Å². The Morgan fingerprint density at radius 3 is 2.58 bits per heavy atom. The van der Waals surface area contributed by atoms with Crippen LogP contribution in [0.4, 0.5) is 5.69 Å². The molecular weight excluding hydrogens is 294 g/mol. The summed E-state index contributed by atoms with van der Waals surface area (Å²) in [6.07, 6.45) is -0.0629. The summed E-state index contributed by atoms with van der Waals surface area (Å²) in [7, 11) is -3.94. The minimum absolute atomic E-state index is 0.0629.